The van der Waals surface area contributed by atoms with Gasteiger partial charge in [0.15, 0.2) is 0 Å². The Kier molecular flexibility index (Phi) is 3.34. The SMILES string of the molecule is Cc1oc(NC(=O)c2cccc(F)c2)c(C#N)c1C. The summed E-state index contributed by atoms with van der Waals surface area (Å²) in [7, 11) is 0. The summed E-state index contributed by atoms with van der Waals surface area (Å²) in [6.07, 6.45) is 0. The molecule has 0 fully saturated rings. The van der Waals surface area contributed by atoms with Crippen molar-refractivity contribution in [1.29, 1.82) is 5.26 Å². The molecule has 96 valence electrons. The van der Waals surface area contributed by atoms with Crippen molar-refractivity contribution in [3.05, 3.63) is 52.5 Å². The molecule has 0 bridgehead atoms. The Balaban J connectivity index is 2.30. The minimum absolute atomic E-state index is 0.0896. The summed E-state index contributed by atoms with van der Waals surface area (Å²) < 4.78 is 18.3. The van der Waals surface area contributed by atoms with Gasteiger partial charge in [0.1, 0.15) is 23.2 Å². The fourth-order valence-corrected chi connectivity index (χ4v) is 1.65. The van der Waals surface area contributed by atoms with Crippen molar-refractivity contribution in [2.75, 3.05) is 5.32 Å². The van der Waals surface area contributed by atoms with E-state index in [0.717, 1.165) is 6.07 Å². The van der Waals surface area contributed by atoms with Crippen molar-refractivity contribution in [3.63, 3.8) is 0 Å². The topological polar surface area (TPSA) is 66.0 Å². The molecule has 0 radical (unpaired) electrons. The van der Waals surface area contributed by atoms with Crippen LogP contribution in [0.2, 0.25) is 0 Å². The maximum atomic E-state index is 13.0. The largest absolute Gasteiger partial charge is 0.444 e. The number of nitrogens with one attached hydrogen (secondary N) is 1. The molecule has 0 atom stereocenters. The molecule has 1 aromatic carbocycles. The summed E-state index contributed by atoms with van der Waals surface area (Å²) in [5, 5.41) is 11.5. The van der Waals surface area contributed by atoms with E-state index in [1.807, 2.05) is 6.07 Å². The van der Waals surface area contributed by atoms with Gasteiger partial charge < -0.3 is 4.42 Å². The van der Waals surface area contributed by atoms with E-state index in [-0.39, 0.29) is 17.0 Å². The Morgan fingerprint density at radius 2 is 2.16 bits per heavy atom. The van der Waals surface area contributed by atoms with Crippen LogP contribution < -0.4 is 5.32 Å². The van der Waals surface area contributed by atoms with Gasteiger partial charge in [-0.25, -0.2) is 4.39 Å². The summed E-state index contributed by atoms with van der Waals surface area (Å²) in [6, 6.07) is 7.25. The quantitative estimate of drug-likeness (QED) is 0.899. The summed E-state index contributed by atoms with van der Waals surface area (Å²) in [5.74, 6) is -0.373. The van der Waals surface area contributed by atoms with Crippen molar-refractivity contribution < 1.29 is 13.6 Å². The predicted molar refractivity (Wildman–Crippen MR) is 67.3 cm³/mol. The van der Waals surface area contributed by atoms with Crippen LogP contribution >= 0.6 is 0 Å². The van der Waals surface area contributed by atoms with Gasteiger partial charge in [0.25, 0.3) is 5.91 Å². The van der Waals surface area contributed by atoms with Crippen molar-refractivity contribution >= 4 is 11.8 Å². The lowest BCUT2D eigenvalue weighted by Crippen LogP contribution is -2.12. The molecule has 1 amide bonds. The molecule has 0 saturated carbocycles. The number of amides is 1. The third-order valence-electron chi connectivity index (χ3n) is 2.81. The highest BCUT2D eigenvalue weighted by molar-refractivity contribution is 6.04. The number of hydrogen-bond acceptors (Lipinski definition) is 3. The number of rotatable bonds is 2. The molecule has 1 N–H and O–H groups in total. The highest BCUT2D eigenvalue weighted by Gasteiger charge is 2.17. The molecule has 1 heterocycles. The van der Waals surface area contributed by atoms with Crippen LogP contribution in [0, 0.1) is 31.0 Å². The van der Waals surface area contributed by atoms with Crippen LogP contribution in [0.5, 0.6) is 0 Å². The zero-order valence-corrected chi connectivity index (χ0v) is 10.5. The molecule has 0 aliphatic heterocycles. The van der Waals surface area contributed by atoms with Crippen LogP contribution in [0.1, 0.15) is 27.2 Å². The number of carbonyl (C=O) groups is 1. The van der Waals surface area contributed by atoms with E-state index >= 15 is 0 Å². The van der Waals surface area contributed by atoms with Crippen LogP contribution in [-0.2, 0) is 0 Å². The number of nitriles is 1. The van der Waals surface area contributed by atoms with Crippen LogP contribution in [-0.4, -0.2) is 5.91 Å². The highest BCUT2D eigenvalue weighted by atomic mass is 19.1. The monoisotopic (exact) mass is 258 g/mol. The number of hydrogen-bond donors (Lipinski definition) is 1. The maximum Gasteiger partial charge on any atom is 0.258 e. The van der Waals surface area contributed by atoms with E-state index < -0.39 is 11.7 Å². The summed E-state index contributed by atoms with van der Waals surface area (Å²) in [5.41, 5.74) is 1.12. The smallest absolute Gasteiger partial charge is 0.258 e. The average molecular weight is 258 g/mol. The molecule has 0 saturated heterocycles. The molecule has 2 rings (SSSR count). The Morgan fingerprint density at radius 1 is 1.42 bits per heavy atom. The first-order valence-corrected chi connectivity index (χ1v) is 5.60. The molecular formula is C14H11FN2O2. The second-order valence-corrected chi connectivity index (χ2v) is 4.06. The summed E-state index contributed by atoms with van der Waals surface area (Å²) in [6.45, 7) is 3.43. The molecule has 0 aliphatic rings. The van der Waals surface area contributed by atoms with Crippen molar-refractivity contribution in [2.45, 2.75) is 13.8 Å². The van der Waals surface area contributed by atoms with Crippen LogP contribution in [0.25, 0.3) is 0 Å². The zero-order valence-electron chi connectivity index (χ0n) is 10.5. The maximum absolute atomic E-state index is 13.0. The fourth-order valence-electron chi connectivity index (χ4n) is 1.65. The first-order valence-electron chi connectivity index (χ1n) is 5.60. The lowest BCUT2D eigenvalue weighted by molar-refractivity contribution is 0.102. The van der Waals surface area contributed by atoms with Gasteiger partial charge >= 0.3 is 0 Å². The molecule has 0 spiro atoms. The molecule has 0 unspecified atom stereocenters. The minimum Gasteiger partial charge on any atom is -0.444 e. The number of furan rings is 1. The van der Waals surface area contributed by atoms with Gasteiger partial charge in [-0.15, -0.1) is 0 Å². The second kappa shape index (κ2) is 4.94. The molecule has 1 aromatic heterocycles. The Morgan fingerprint density at radius 3 is 2.79 bits per heavy atom. The standard InChI is InChI=1S/C14H11FN2O2/c1-8-9(2)19-14(12(8)7-16)17-13(18)10-4-3-5-11(15)6-10/h3-6H,1-2H3,(H,17,18). The summed E-state index contributed by atoms with van der Waals surface area (Å²) >= 11 is 0. The van der Waals surface area contributed by atoms with E-state index in [1.54, 1.807) is 13.8 Å². The van der Waals surface area contributed by atoms with Crippen LogP contribution in [0.3, 0.4) is 0 Å². The van der Waals surface area contributed by atoms with E-state index in [2.05, 4.69) is 5.32 Å². The van der Waals surface area contributed by atoms with Gasteiger partial charge in [-0.2, -0.15) is 5.26 Å². The Labute approximate surface area is 109 Å². The minimum atomic E-state index is -0.523. The molecule has 2 aromatic rings. The van der Waals surface area contributed by atoms with E-state index in [1.165, 1.54) is 18.2 Å². The number of anilines is 1. The molecule has 5 heteroatoms. The van der Waals surface area contributed by atoms with Crippen LogP contribution in [0.4, 0.5) is 10.3 Å². The second-order valence-electron chi connectivity index (χ2n) is 4.06. The first-order chi connectivity index (χ1) is 9.02. The normalized spacial score (nSPS) is 10.0. The molecule has 4 nitrogen and oxygen atoms in total. The first kappa shape index (κ1) is 12.8. The summed E-state index contributed by atoms with van der Waals surface area (Å²) in [4.78, 5) is 11.9. The van der Waals surface area contributed by atoms with Crippen molar-refractivity contribution in [3.8, 4) is 6.07 Å². The number of nitrogens with zero attached hydrogens (tertiary/aromatic N) is 1. The van der Waals surface area contributed by atoms with Gasteiger partial charge in [0.05, 0.1) is 0 Å². The van der Waals surface area contributed by atoms with Gasteiger partial charge in [-0.1, -0.05) is 6.07 Å². The Bertz CT molecular complexity index is 683. The van der Waals surface area contributed by atoms with E-state index in [0.29, 0.717) is 11.3 Å². The van der Waals surface area contributed by atoms with E-state index in [4.69, 9.17) is 9.68 Å². The molecular weight excluding hydrogens is 247 g/mol. The third kappa shape index (κ3) is 2.47. The van der Waals surface area contributed by atoms with Crippen molar-refractivity contribution in [2.24, 2.45) is 0 Å². The van der Waals surface area contributed by atoms with Crippen LogP contribution in [0.15, 0.2) is 28.7 Å². The fraction of sp³-hybridized carbons (Fsp3) is 0.143. The predicted octanol–water partition coefficient (Wildman–Crippen LogP) is 3.16. The number of carbonyl (C=O) groups excluding carboxylic acids is 1. The zero-order chi connectivity index (χ0) is 14.0. The molecule has 0 aliphatic carbocycles. The number of halogens is 1. The van der Waals surface area contributed by atoms with Gasteiger partial charge in [0.2, 0.25) is 5.88 Å². The van der Waals surface area contributed by atoms with Gasteiger partial charge in [-0.05, 0) is 32.0 Å². The van der Waals surface area contributed by atoms with Gasteiger partial charge in [0, 0.05) is 11.1 Å². The Hall–Kier alpha value is -2.61. The third-order valence-corrected chi connectivity index (χ3v) is 2.81. The average Bonchev–Trinajstić information content (AvgIpc) is 2.64. The lowest BCUT2D eigenvalue weighted by Gasteiger charge is -2.02. The van der Waals surface area contributed by atoms with Gasteiger partial charge in [-0.3, -0.25) is 10.1 Å². The highest BCUT2D eigenvalue weighted by Crippen LogP contribution is 2.25. The number of benzene rings is 1. The lowest BCUT2D eigenvalue weighted by atomic mass is 10.1. The molecule has 19 heavy (non-hydrogen) atoms. The number of aryl methyl sites for hydroxylation is 1. The van der Waals surface area contributed by atoms with Crippen molar-refractivity contribution in [1.82, 2.24) is 0 Å². The van der Waals surface area contributed by atoms with E-state index in [9.17, 15) is 9.18 Å².